The number of hydrogen-bond acceptors (Lipinski definition) is 1. The summed E-state index contributed by atoms with van der Waals surface area (Å²) in [4.78, 5) is 0. The van der Waals surface area contributed by atoms with Gasteiger partial charge in [-0.2, -0.15) is 0 Å². The van der Waals surface area contributed by atoms with Crippen molar-refractivity contribution in [2.45, 2.75) is 20.3 Å². The quantitative estimate of drug-likeness (QED) is 0.469. The van der Waals surface area contributed by atoms with Gasteiger partial charge in [-0.05, 0) is 18.9 Å². The minimum absolute atomic E-state index is 0.578. The Morgan fingerprint density at radius 1 is 1.55 bits per heavy atom. The Balaban J connectivity index is 4.35. The second-order valence-electron chi connectivity index (χ2n) is 2.29. The van der Waals surface area contributed by atoms with E-state index in [4.69, 9.17) is 5.41 Å². The molecule has 0 atom stereocenters. The topological polar surface area (TPSA) is 23.9 Å². The Morgan fingerprint density at radius 3 is 2.55 bits per heavy atom. The van der Waals surface area contributed by atoms with Gasteiger partial charge in [-0.25, -0.2) is 0 Å². The molecular weight excluding hydrogens is 134 g/mol. The summed E-state index contributed by atoms with van der Waals surface area (Å²) in [6.07, 6.45) is 8.53. The lowest BCUT2D eigenvalue weighted by Crippen LogP contribution is -1.90. The van der Waals surface area contributed by atoms with E-state index in [1.807, 2.05) is 18.2 Å². The maximum absolute atomic E-state index is 7.37. The molecule has 0 rings (SSSR count). The fourth-order valence-electron chi connectivity index (χ4n) is 0.677. The zero-order valence-electron chi connectivity index (χ0n) is 7.22. The molecule has 0 saturated heterocycles. The van der Waals surface area contributed by atoms with Crippen LogP contribution in [0.5, 0.6) is 0 Å². The first-order valence-corrected chi connectivity index (χ1v) is 3.77. The van der Waals surface area contributed by atoms with Gasteiger partial charge in [0.05, 0.1) is 0 Å². The second kappa shape index (κ2) is 5.66. The highest BCUT2D eigenvalue weighted by molar-refractivity contribution is 5.98. The number of allylic oxidation sites excluding steroid dienone is 5. The SMILES string of the molecule is C=C/C=C(\C=C/CC)C(C)=N. The van der Waals surface area contributed by atoms with Crippen LogP contribution in [0.15, 0.2) is 36.5 Å². The van der Waals surface area contributed by atoms with Crippen LogP contribution in [0.4, 0.5) is 0 Å². The Hall–Kier alpha value is -1.11. The van der Waals surface area contributed by atoms with Gasteiger partial charge in [0.2, 0.25) is 0 Å². The molecule has 0 fully saturated rings. The van der Waals surface area contributed by atoms with Crippen molar-refractivity contribution in [3.63, 3.8) is 0 Å². The highest BCUT2D eigenvalue weighted by Gasteiger charge is 1.90. The molecule has 11 heavy (non-hydrogen) atoms. The molecular formula is C10H15N. The summed E-state index contributed by atoms with van der Waals surface area (Å²) in [5.41, 5.74) is 1.51. The van der Waals surface area contributed by atoms with Crippen molar-refractivity contribution in [1.82, 2.24) is 0 Å². The highest BCUT2D eigenvalue weighted by Crippen LogP contribution is 1.99. The maximum atomic E-state index is 7.37. The minimum atomic E-state index is 0.578. The summed E-state index contributed by atoms with van der Waals surface area (Å²) in [6.45, 7) is 7.43. The van der Waals surface area contributed by atoms with Gasteiger partial charge in [0.25, 0.3) is 0 Å². The van der Waals surface area contributed by atoms with E-state index in [2.05, 4.69) is 13.5 Å². The first-order chi connectivity index (χ1) is 5.22. The second-order valence-corrected chi connectivity index (χ2v) is 2.29. The predicted octanol–water partition coefficient (Wildman–Crippen LogP) is 3.10. The Kier molecular flexibility index (Phi) is 5.09. The van der Waals surface area contributed by atoms with Gasteiger partial charge in [0, 0.05) is 5.71 Å². The van der Waals surface area contributed by atoms with Crippen molar-refractivity contribution >= 4 is 5.71 Å². The van der Waals surface area contributed by atoms with Gasteiger partial charge >= 0.3 is 0 Å². The lowest BCUT2D eigenvalue weighted by Gasteiger charge is -1.95. The number of hydrogen-bond donors (Lipinski definition) is 1. The fourth-order valence-corrected chi connectivity index (χ4v) is 0.677. The standard InChI is InChI=1S/C10H15N/c1-4-6-8-10(7-5-2)9(3)11/h5-8,11H,2,4H2,1,3H3/b8-6-,10-7+,11-9?. The average Bonchev–Trinajstić information content (AvgIpc) is 1.97. The van der Waals surface area contributed by atoms with Crippen LogP contribution < -0.4 is 0 Å². The van der Waals surface area contributed by atoms with Crippen molar-refractivity contribution < 1.29 is 0 Å². The molecule has 0 aliphatic heterocycles. The Bertz CT molecular complexity index is 197. The molecule has 0 radical (unpaired) electrons. The monoisotopic (exact) mass is 149 g/mol. The zero-order chi connectivity index (χ0) is 8.69. The van der Waals surface area contributed by atoms with E-state index in [9.17, 15) is 0 Å². The van der Waals surface area contributed by atoms with E-state index in [1.54, 1.807) is 13.0 Å². The van der Waals surface area contributed by atoms with Gasteiger partial charge in [-0.3, -0.25) is 0 Å². The fraction of sp³-hybridized carbons (Fsp3) is 0.300. The molecule has 1 nitrogen and oxygen atoms in total. The molecule has 1 N–H and O–H groups in total. The van der Waals surface area contributed by atoms with Crippen molar-refractivity contribution in [3.8, 4) is 0 Å². The molecule has 0 spiro atoms. The summed E-state index contributed by atoms with van der Waals surface area (Å²) in [7, 11) is 0. The van der Waals surface area contributed by atoms with Crippen molar-refractivity contribution in [3.05, 3.63) is 36.5 Å². The van der Waals surface area contributed by atoms with Gasteiger partial charge in [-0.1, -0.05) is 37.8 Å². The summed E-state index contributed by atoms with van der Waals surface area (Å²) >= 11 is 0. The van der Waals surface area contributed by atoms with Crippen LogP contribution in [0, 0.1) is 5.41 Å². The lowest BCUT2D eigenvalue weighted by molar-refractivity contribution is 1.22. The van der Waals surface area contributed by atoms with Gasteiger partial charge in [0.15, 0.2) is 0 Å². The molecule has 0 saturated carbocycles. The van der Waals surface area contributed by atoms with E-state index >= 15 is 0 Å². The molecule has 0 aliphatic rings. The molecule has 0 heterocycles. The van der Waals surface area contributed by atoms with Crippen LogP contribution in [-0.2, 0) is 0 Å². The third kappa shape index (κ3) is 4.31. The highest BCUT2D eigenvalue weighted by atomic mass is 14.4. The maximum Gasteiger partial charge on any atom is 0.0355 e. The van der Waals surface area contributed by atoms with Gasteiger partial charge < -0.3 is 5.41 Å². The van der Waals surface area contributed by atoms with E-state index in [0.29, 0.717) is 5.71 Å². The van der Waals surface area contributed by atoms with Crippen LogP contribution in [0.3, 0.4) is 0 Å². The van der Waals surface area contributed by atoms with Crippen LogP contribution >= 0.6 is 0 Å². The average molecular weight is 149 g/mol. The van der Waals surface area contributed by atoms with Gasteiger partial charge in [-0.15, -0.1) is 0 Å². The molecule has 0 amide bonds. The minimum Gasteiger partial charge on any atom is -0.305 e. The Morgan fingerprint density at radius 2 is 2.18 bits per heavy atom. The third-order valence-electron chi connectivity index (χ3n) is 1.26. The van der Waals surface area contributed by atoms with Crippen LogP contribution in [0.1, 0.15) is 20.3 Å². The summed E-state index contributed by atoms with van der Waals surface area (Å²) < 4.78 is 0. The molecule has 0 aromatic heterocycles. The van der Waals surface area contributed by atoms with Crippen molar-refractivity contribution in [2.24, 2.45) is 0 Å². The van der Waals surface area contributed by atoms with Crippen LogP contribution in [0.2, 0.25) is 0 Å². The van der Waals surface area contributed by atoms with E-state index in [0.717, 1.165) is 12.0 Å². The van der Waals surface area contributed by atoms with E-state index in [-0.39, 0.29) is 0 Å². The molecule has 0 aromatic rings. The normalized spacial score (nSPS) is 12.0. The molecule has 60 valence electrons. The first kappa shape index (κ1) is 9.89. The van der Waals surface area contributed by atoms with E-state index in [1.165, 1.54) is 0 Å². The number of nitrogens with one attached hydrogen (secondary N) is 1. The van der Waals surface area contributed by atoms with Crippen molar-refractivity contribution in [1.29, 1.82) is 5.41 Å². The van der Waals surface area contributed by atoms with Gasteiger partial charge in [0.1, 0.15) is 0 Å². The summed E-state index contributed by atoms with van der Waals surface area (Å²) in [5.74, 6) is 0. The zero-order valence-corrected chi connectivity index (χ0v) is 7.22. The summed E-state index contributed by atoms with van der Waals surface area (Å²) in [5, 5.41) is 7.37. The largest absolute Gasteiger partial charge is 0.305 e. The Labute approximate surface area is 68.6 Å². The molecule has 0 aromatic carbocycles. The smallest absolute Gasteiger partial charge is 0.0355 e. The van der Waals surface area contributed by atoms with Crippen LogP contribution in [-0.4, -0.2) is 5.71 Å². The number of rotatable bonds is 4. The van der Waals surface area contributed by atoms with Crippen molar-refractivity contribution in [2.75, 3.05) is 0 Å². The lowest BCUT2D eigenvalue weighted by atomic mass is 10.1. The molecule has 1 heteroatoms. The van der Waals surface area contributed by atoms with Crippen LogP contribution in [0.25, 0.3) is 0 Å². The molecule has 0 unspecified atom stereocenters. The first-order valence-electron chi connectivity index (χ1n) is 3.77. The third-order valence-corrected chi connectivity index (χ3v) is 1.26. The summed E-state index contributed by atoms with van der Waals surface area (Å²) in [6, 6.07) is 0. The predicted molar refractivity (Wildman–Crippen MR) is 51.1 cm³/mol. The van der Waals surface area contributed by atoms with E-state index < -0.39 is 0 Å². The molecule has 0 aliphatic carbocycles. The molecule has 0 bridgehead atoms.